The fraction of sp³-hybridized carbons (Fsp3) is 0. The fourth-order valence-electron chi connectivity index (χ4n) is 0.848. The number of benzene rings is 1. The summed E-state index contributed by atoms with van der Waals surface area (Å²) in [6.45, 7) is 3.33. The first-order valence-electron chi connectivity index (χ1n) is 3.45. The van der Waals surface area contributed by atoms with Crippen LogP contribution in [0.1, 0.15) is 5.56 Å². The molecule has 0 amide bonds. The Bertz CT molecular complexity index is 279. The third-order valence-electron chi connectivity index (χ3n) is 1.54. The van der Waals surface area contributed by atoms with Crippen molar-refractivity contribution in [3.63, 3.8) is 0 Å². The minimum Gasteiger partial charge on any atom is -0.508 e. The Balaban J connectivity index is 2.93. The Kier molecular flexibility index (Phi) is 2.52. The molecule has 0 saturated carbocycles. The second kappa shape index (κ2) is 3.43. The highest BCUT2D eigenvalue weighted by atomic mass is 16.4. The van der Waals surface area contributed by atoms with E-state index in [1.165, 1.54) is 12.1 Å². The van der Waals surface area contributed by atoms with Crippen LogP contribution in [-0.2, 0) is 0 Å². The summed E-state index contributed by atoms with van der Waals surface area (Å²) in [5.74, 6) is -0.0334. The lowest BCUT2D eigenvalue weighted by atomic mass is 9.80. The third kappa shape index (κ3) is 1.87. The molecular weight excluding hydrogens is 155 g/mol. The summed E-state index contributed by atoms with van der Waals surface area (Å²) >= 11 is 0. The van der Waals surface area contributed by atoms with Gasteiger partial charge in [0, 0.05) is 5.56 Å². The van der Waals surface area contributed by atoms with Gasteiger partial charge in [0.25, 0.3) is 0 Å². The molecule has 3 nitrogen and oxygen atoms in total. The van der Waals surface area contributed by atoms with Gasteiger partial charge in [-0.1, -0.05) is 30.8 Å². The SMILES string of the molecule is C=C(O)c1ccc(B(O)O)cc1. The molecule has 0 aliphatic rings. The zero-order chi connectivity index (χ0) is 9.14. The number of rotatable bonds is 2. The Labute approximate surface area is 70.7 Å². The second-order valence-electron chi connectivity index (χ2n) is 2.44. The van der Waals surface area contributed by atoms with Gasteiger partial charge in [0.05, 0.1) is 0 Å². The van der Waals surface area contributed by atoms with E-state index >= 15 is 0 Å². The van der Waals surface area contributed by atoms with Crippen molar-refractivity contribution in [2.45, 2.75) is 0 Å². The van der Waals surface area contributed by atoms with Gasteiger partial charge in [-0.25, -0.2) is 0 Å². The first-order chi connectivity index (χ1) is 5.61. The van der Waals surface area contributed by atoms with Gasteiger partial charge in [-0.15, -0.1) is 0 Å². The van der Waals surface area contributed by atoms with E-state index in [0.717, 1.165) is 0 Å². The molecule has 0 spiro atoms. The van der Waals surface area contributed by atoms with Crippen molar-refractivity contribution >= 4 is 18.3 Å². The standard InChI is InChI=1S/C8H9BO3/c1-6(10)7-2-4-8(5-3-7)9(11)12/h2-5,10-12H,1H2. The van der Waals surface area contributed by atoms with Crippen molar-refractivity contribution in [2.24, 2.45) is 0 Å². The number of aliphatic hydroxyl groups is 1. The topological polar surface area (TPSA) is 60.7 Å². The predicted octanol–water partition coefficient (Wildman–Crippen LogP) is -0.105. The molecule has 0 unspecified atom stereocenters. The van der Waals surface area contributed by atoms with Crippen LogP contribution in [0.4, 0.5) is 0 Å². The lowest BCUT2D eigenvalue weighted by Crippen LogP contribution is -2.29. The third-order valence-corrected chi connectivity index (χ3v) is 1.54. The van der Waals surface area contributed by atoms with E-state index in [-0.39, 0.29) is 5.76 Å². The number of hydrogen-bond donors (Lipinski definition) is 3. The van der Waals surface area contributed by atoms with Crippen LogP contribution in [-0.4, -0.2) is 22.3 Å². The maximum absolute atomic E-state index is 8.93. The molecule has 0 aliphatic carbocycles. The second-order valence-corrected chi connectivity index (χ2v) is 2.44. The summed E-state index contributed by atoms with van der Waals surface area (Å²) in [5, 5.41) is 26.4. The van der Waals surface area contributed by atoms with Gasteiger partial charge in [-0.3, -0.25) is 0 Å². The van der Waals surface area contributed by atoms with E-state index in [0.29, 0.717) is 11.0 Å². The zero-order valence-electron chi connectivity index (χ0n) is 6.44. The predicted molar refractivity (Wildman–Crippen MR) is 47.9 cm³/mol. The number of aliphatic hydroxyl groups excluding tert-OH is 1. The van der Waals surface area contributed by atoms with Gasteiger partial charge >= 0.3 is 7.12 Å². The normalized spacial score (nSPS) is 9.50. The van der Waals surface area contributed by atoms with E-state index in [9.17, 15) is 0 Å². The van der Waals surface area contributed by atoms with Gasteiger partial charge < -0.3 is 15.2 Å². The summed E-state index contributed by atoms with van der Waals surface area (Å²) < 4.78 is 0. The molecule has 1 aromatic carbocycles. The molecule has 0 aliphatic heterocycles. The summed E-state index contributed by atoms with van der Waals surface area (Å²) in [5.41, 5.74) is 0.958. The van der Waals surface area contributed by atoms with Gasteiger partial charge in [0.2, 0.25) is 0 Å². The smallest absolute Gasteiger partial charge is 0.488 e. The van der Waals surface area contributed by atoms with E-state index in [1.807, 2.05) is 0 Å². The van der Waals surface area contributed by atoms with Crippen molar-refractivity contribution in [3.05, 3.63) is 36.4 Å². The van der Waals surface area contributed by atoms with Crippen molar-refractivity contribution in [1.82, 2.24) is 0 Å². The van der Waals surface area contributed by atoms with E-state index < -0.39 is 7.12 Å². The van der Waals surface area contributed by atoms with Crippen LogP contribution in [0.15, 0.2) is 30.8 Å². The quantitative estimate of drug-likeness (QED) is 0.422. The molecule has 1 aromatic rings. The van der Waals surface area contributed by atoms with E-state index in [2.05, 4.69) is 6.58 Å². The van der Waals surface area contributed by atoms with E-state index in [4.69, 9.17) is 15.2 Å². The summed E-state index contributed by atoms with van der Waals surface area (Å²) in [7, 11) is -1.47. The van der Waals surface area contributed by atoms with Crippen LogP contribution in [0, 0.1) is 0 Å². The van der Waals surface area contributed by atoms with Crippen LogP contribution in [0.5, 0.6) is 0 Å². The molecule has 0 radical (unpaired) electrons. The van der Waals surface area contributed by atoms with Crippen LogP contribution in [0.25, 0.3) is 5.76 Å². The molecule has 0 saturated heterocycles. The highest BCUT2D eigenvalue weighted by molar-refractivity contribution is 6.58. The van der Waals surface area contributed by atoms with Gasteiger partial charge in [0.1, 0.15) is 5.76 Å². The van der Waals surface area contributed by atoms with Gasteiger partial charge in [-0.05, 0) is 5.46 Å². The minimum atomic E-state index is -1.47. The average Bonchev–Trinajstić information content (AvgIpc) is 2.04. The first-order valence-corrected chi connectivity index (χ1v) is 3.45. The highest BCUT2D eigenvalue weighted by Crippen LogP contribution is 2.05. The molecule has 3 N–H and O–H groups in total. The maximum Gasteiger partial charge on any atom is 0.488 e. The molecule has 1 rings (SSSR count). The average molecular weight is 164 g/mol. The fourth-order valence-corrected chi connectivity index (χ4v) is 0.848. The Hall–Kier alpha value is -1.26. The van der Waals surface area contributed by atoms with Gasteiger partial charge in [0.15, 0.2) is 0 Å². The molecule has 4 heteroatoms. The monoisotopic (exact) mass is 164 g/mol. The Morgan fingerprint density at radius 3 is 2.00 bits per heavy atom. The molecule has 62 valence electrons. The Morgan fingerprint density at radius 2 is 1.67 bits per heavy atom. The molecule has 0 fully saturated rings. The summed E-state index contributed by atoms with van der Waals surface area (Å²) in [4.78, 5) is 0. The molecule has 12 heavy (non-hydrogen) atoms. The zero-order valence-corrected chi connectivity index (χ0v) is 6.44. The lowest BCUT2D eigenvalue weighted by molar-refractivity contribution is 0.425. The van der Waals surface area contributed by atoms with Crippen molar-refractivity contribution in [3.8, 4) is 0 Å². The molecule has 0 atom stereocenters. The first kappa shape index (κ1) is 8.84. The van der Waals surface area contributed by atoms with Crippen LogP contribution in [0.3, 0.4) is 0 Å². The largest absolute Gasteiger partial charge is 0.508 e. The minimum absolute atomic E-state index is 0.0334. The number of hydrogen-bond acceptors (Lipinski definition) is 3. The van der Waals surface area contributed by atoms with Crippen LogP contribution in [0.2, 0.25) is 0 Å². The van der Waals surface area contributed by atoms with Crippen LogP contribution >= 0.6 is 0 Å². The maximum atomic E-state index is 8.93. The molecule has 0 bridgehead atoms. The molecule has 0 aromatic heterocycles. The lowest BCUT2D eigenvalue weighted by Gasteiger charge is -2.00. The van der Waals surface area contributed by atoms with E-state index in [1.54, 1.807) is 12.1 Å². The summed E-state index contributed by atoms with van der Waals surface area (Å²) in [6, 6.07) is 6.16. The van der Waals surface area contributed by atoms with Crippen molar-refractivity contribution in [1.29, 1.82) is 0 Å². The van der Waals surface area contributed by atoms with Gasteiger partial charge in [-0.2, -0.15) is 0 Å². The Morgan fingerprint density at radius 1 is 1.17 bits per heavy atom. The van der Waals surface area contributed by atoms with Crippen LogP contribution < -0.4 is 5.46 Å². The van der Waals surface area contributed by atoms with Crippen molar-refractivity contribution < 1.29 is 15.2 Å². The van der Waals surface area contributed by atoms with Crippen molar-refractivity contribution in [2.75, 3.05) is 0 Å². The highest BCUT2D eigenvalue weighted by Gasteiger charge is 2.09. The molecule has 0 heterocycles. The molecular formula is C8H9BO3. The summed E-state index contributed by atoms with van der Waals surface area (Å²) in [6.07, 6.45) is 0.